The van der Waals surface area contributed by atoms with Crippen LogP contribution in [0.5, 0.6) is 0 Å². The third-order valence-corrected chi connectivity index (χ3v) is 3.62. The number of nitrogens with one attached hydrogen (secondary N) is 1. The molecular formula is C14H16N2O. The highest BCUT2D eigenvalue weighted by Gasteiger charge is 2.27. The second kappa shape index (κ2) is 3.91. The molecule has 2 heterocycles. The summed E-state index contributed by atoms with van der Waals surface area (Å²) in [5.74, 6) is 0.182. The van der Waals surface area contributed by atoms with Crippen molar-refractivity contribution in [3.63, 3.8) is 0 Å². The smallest absolute Gasteiger partial charge is 0.219 e. The molecule has 0 saturated carbocycles. The summed E-state index contributed by atoms with van der Waals surface area (Å²) in [5, 5.41) is 1.22. The van der Waals surface area contributed by atoms with Crippen molar-refractivity contribution in [2.45, 2.75) is 25.8 Å². The minimum Gasteiger partial charge on any atom is -0.361 e. The number of H-pyrrole nitrogens is 1. The highest BCUT2D eigenvalue weighted by Crippen LogP contribution is 2.33. The van der Waals surface area contributed by atoms with E-state index >= 15 is 0 Å². The van der Waals surface area contributed by atoms with Crippen molar-refractivity contribution >= 4 is 16.8 Å². The summed E-state index contributed by atoms with van der Waals surface area (Å²) in [7, 11) is 0. The Morgan fingerprint density at radius 2 is 2.29 bits per heavy atom. The lowest BCUT2D eigenvalue weighted by molar-refractivity contribution is -0.129. The molecule has 1 aromatic carbocycles. The molecule has 1 saturated heterocycles. The van der Waals surface area contributed by atoms with Crippen LogP contribution in [0.15, 0.2) is 30.5 Å². The summed E-state index contributed by atoms with van der Waals surface area (Å²) in [5.41, 5.74) is 2.41. The van der Waals surface area contributed by atoms with Crippen molar-refractivity contribution in [3.8, 4) is 0 Å². The van der Waals surface area contributed by atoms with Gasteiger partial charge in [-0.25, -0.2) is 0 Å². The first-order valence-electron chi connectivity index (χ1n) is 6.10. The molecule has 1 amide bonds. The fourth-order valence-corrected chi connectivity index (χ4v) is 2.77. The maximum atomic E-state index is 11.6. The first-order valence-corrected chi connectivity index (χ1v) is 6.10. The minimum atomic E-state index is 0.182. The maximum Gasteiger partial charge on any atom is 0.219 e. The summed E-state index contributed by atoms with van der Waals surface area (Å²) in [4.78, 5) is 16.7. The van der Waals surface area contributed by atoms with Gasteiger partial charge in [-0.2, -0.15) is 0 Å². The number of rotatable bonds is 1. The number of carbonyl (C=O) groups excluding carboxylic acids is 1. The van der Waals surface area contributed by atoms with Crippen LogP contribution in [-0.4, -0.2) is 22.3 Å². The molecule has 17 heavy (non-hydrogen) atoms. The van der Waals surface area contributed by atoms with E-state index in [0.29, 0.717) is 0 Å². The van der Waals surface area contributed by atoms with E-state index in [-0.39, 0.29) is 11.9 Å². The quantitative estimate of drug-likeness (QED) is 0.800. The Morgan fingerprint density at radius 1 is 1.41 bits per heavy atom. The molecule has 1 aromatic heterocycles. The van der Waals surface area contributed by atoms with Crippen molar-refractivity contribution in [3.05, 3.63) is 36.0 Å². The summed E-state index contributed by atoms with van der Waals surface area (Å²) < 4.78 is 0. The normalized spacial score (nSPS) is 20.1. The molecule has 3 heteroatoms. The zero-order valence-electron chi connectivity index (χ0n) is 9.94. The molecule has 2 aromatic rings. The van der Waals surface area contributed by atoms with Crippen LogP contribution >= 0.6 is 0 Å². The molecule has 88 valence electrons. The van der Waals surface area contributed by atoms with E-state index in [1.54, 1.807) is 6.92 Å². The van der Waals surface area contributed by atoms with Crippen LogP contribution < -0.4 is 0 Å². The standard InChI is InChI=1S/C14H16N2O/c1-10(17)16-8-2-3-14(16)12-4-5-13-11(9-12)6-7-15-13/h4-7,9,14-15H,2-3,8H2,1H3/t14-/m1/s1. The SMILES string of the molecule is CC(=O)N1CCC[C@@H]1c1ccc2[nH]ccc2c1. The number of hydrogen-bond acceptors (Lipinski definition) is 1. The van der Waals surface area contributed by atoms with Crippen LogP contribution in [0.4, 0.5) is 0 Å². The Bertz CT molecular complexity index is 558. The number of carbonyl (C=O) groups is 1. The molecule has 1 atom stereocenters. The van der Waals surface area contributed by atoms with E-state index in [2.05, 4.69) is 29.2 Å². The van der Waals surface area contributed by atoms with E-state index in [4.69, 9.17) is 0 Å². The van der Waals surface area contributed by atoms with Crippen molar-refractivity contribution in [2.24, 2.45) is 0 Å². The van der Waals surface area contributed by atoms with Crippen LogP contribution in [0.25, 0.3) is 10.9 Å². The molecule has 0 unspecified atom stereocenters. The Kier molecular flexibility index (Phi) is 2.39. The number of fused-ring (bicyclic) bond motifs is 1. The average Bonchev–Trinajstić information content (AvgIpc) is 2.96. The van der Waals surface area contributed by atoms with Crippen LogP contribution in [0, 0.1) is 0 Å². The Morgan fingerprint density at radius 3 is 3.12 bits per heavy atom. The van der Waals surface area contributed by atoms with Gasteiger partial charge in [-0.15, -0.1) is 0 Å². The molecule has 0 bridgehead atoms. The van der Waals surface area contributed by atoms with Gasteiger partial charge in [-0.1, -0.05) is 6.07 Å². The van der Waals surface area contributed by atoms with E-state index in [9.17, 15) is 4.79 Å². The van der Waals surface area contributed by atoms with E-state index < -0.39 is 0 Å². The zero-order chi connectivity index (χ0) is 11.8. The van der Waals surface area contributed by atoms with Crippen LogP contribution in [0.3, 0.4) is 0 Å². The Labute approximate surface area is 100 Å². The fraction of sp³-hybridized carbons (Fsp3) is 0.357. The maximum absolute atomic E-state index is 11.6. The van der Waals surface area contributed by atoms with Gasteiger partial charge in [0.2, 0.25) is 5.91 Å². The van der Waals surface area contributed by atoms with Crippen LogP contribution in [0.1, 0.15) is 31.4 Å². The molecule has 0 radical (unpaired) electrons. The molecule has 1 aliphatic rings. The third-order valence-electron chi connectivity index (χ3n) is 3.62. The number of benzene rings is 1. The number of hydrogen-bond donors (Lipinski definition) is 1. The van der Waals surface area contributed by atoms with Gasteiger partial charge in [0.15, 0.2) is 0 Å². The lowest BCUT2D eigenvalue weighted by atomic mass is 10.0. The summed E-state index contributed by atoms with van der Waals surface area (Å²) in [6.45, 7) is 2.55. The first kappa shape index (κ1) is 10.4. The van der Waals surface area contributed by atoms with Crippen molar-refractivity contribution in [1.29, 1.82) is 0 Å². The number of aromatic nitrogens is 1. The van der Waals surface area contributed by atoms with Gasteiger partial charge in [0, 0.05) is 25.2 Å². The van der Waals surface area contributed by atoms with Crippen molar-refractivity contribution < 1.29 is 4.79 Å². The molecule has 0 aliphatic carbocycles. The number of nitrogens with zero attached hydrogens (tertiary/aromatic N) is 1. The molecule has 3 rings (SSSR count). The second-order valence-electron chi connectivity index (χ2n) is 4.69. The number of amides is 1. The van der Waals surface area contributed by atoms with Crippen molar-refractivity contribution in [1.82, 2.24) is 9.88 Å². The lowest BCUT2D eigenvalue weighted by Gasteiger charge is -2.23. The van der Waals surface area contributed by atoms with E-state index in [1.165, 1.54) is 10.9 Å². The van der Waals surface area contributed by atoms with Gasteiger partial charge in [0.1, 0.15) is 0 Å². The van der Waals surface area contributed by atoms with Crippen molar-refractivity contribution in [2.75, 3.05) is 6.54 Å². The highest BCUT2D eigenvalue weighted by molar-refractivity contribution is 5.80. The molecular weight excluding hydrogens is 212 g/mol. The predicted octanol–water partition coefficient (Wildman–Crippen LogP) is 2.85. The topological polar surface area (TPSA) is 36.1 Å². The summed E-state index contributed by atoms with van der Waals surface area (Å²) >= 11 is 0. The zero-order valence-corrected chi connectivity index (χ0v) is 9.94. The summed E-state index contributed by atoms with van der Waals surface area (Å²) in [6.07, 6.45) is 4.14. The largest absolute Gasteiger partial charge is 0.361 e. The van der Waals surface area contributed by atoms with Gasteiger partial charge in [-0.3, -0.25) is 4.79 Å². The lowest BCUT2D eigenvalue weighted by Crippen LogP contribution is -2.27. The summed E-state index contributed by atoms with van der Waals surface area (Å²) in [6, 6.07) is 8.77. The predicted molar refractivity (Wildman–Crippen MR) is 67.7 cm³/mol. The Hall–Kier alpha value is -1.77. The first-order chi connectivity index (χ1) is 8.25. The van der Waals surface area contributed by atoms with E-state index in [0.717, 1.165) is 24.9 Å². The Balaban J connectivity index is 1.99. The number of likely N-dealkylation sites (tertiary alicyclic amines) is 1. The van der Waals surface area contributed by atoms with E-state index in [1.807, 2.05) is 11.1 Å². The molecule has 1 fully saturated rings. The van der Waals surface area contributed by atoms with Crippen LogP contribution in [0.2, 0.25) is 0 Å². The highest BCUT2D eigenvalue weighted by atomic mass is 16.2. The monoisotopic (exact) mass is 228 g/mol. The third kappa shape index (κ3) is 1.71. The molecule has 1 aliphatic heterocycles. The molecule has 0 spiro atoms. The van der Waals surface area contributed by atoms with Gasteiger partial charge in [0.05, 0.1) is 6.04 Å². The second-order valence-corrected chi connectivity index (χ2v) is 4.69. The van der Waals surface area contributed by atoms with Gasteiger partial charge < -0.3 is 9.88 Å². The minimum absolute atomic E-state index is 0.182. The van der Waals surface area contributed by atoms with Gasteiger partial charge >= 0.3 is 0 Å². The average molecular weight is 228 g/mol. The van der Waals surface area contributed by atoms with Crippen LogP contribution in [-0.2, 0) is 4.79 Å². The fourth-order valence-electron chi connectivity index (χ4n) is 2.77. The number of aromatic amines is 1. The van der Waals surface area contributed by atoms with Gasteiger partial charge in [-0.05, 0) is 42.0 Å². The molecule has 1 N–H and O–H groups in total. The molecule has 3 nitrogen and oxygen atoms in total. The van der Waals surface area contributed by atoms with Gasteiger partial charge in [0.25, 0.3) is 0 Å².